The summed E-state index contributed by atoms with van der Waals surface area (Å²) in [5.41, 5.74) is 3.97. The van der Waals surface area contributed by atoms with Crippen LogP contribution >= 0.6 is 0 Å². The number of carbonyl (C=O) groups excluding carboxylic acids is 1. The fraction of sp³-hybridized carbons (Fsp3) is 0.588. The van der Waals surface area contributed by atoms with E-state index in [0.717, 1.165) is 32.2 Å². The third kappa shape index (κ3) is 7.92. The van der Waals surface area contributed by atoms with Crippen molar-refractivity contribution in [1.29, 1.82) is 0 Å². The number of amides is 1. The molecule has 1 aromatic heterocycles. The number of fused-ring (bicyclic) bond motifs is 7. The summed E-state index contributed by atoms with van der Waals surface area (Å²) in [6, 6.07) is 7.32. The van der Waals surface area contributed by atoms with Crippen molar-refractivity contribution in [3.05, 3.63) is 47.5 Å². The SMILES string of the molecule is COCOc1cc(-c2cc3c4c(nc(OC[C@@]56CCCN5C[C@H](F)C6)nc4c2F)N2C[C@H]4CC[C@@H]([C@H]2CO3)N4C(=O)OC(C)(C)C)c2c(C#C[Si](C(C)C)(C(C)C)C(C)C)c(F)ccc2c1. The van der Waals surface area contributed by atoms with Crippen LogP contribution in [0, 0.1) is 23.1 Å². The molecule has 11 nitrogen and oxygen atoms in total. The Bertz CT molecular complexity index is 2590. The molecular weight excluding hydrogens is 864 g/mol. The second-order valence-corrected chi connectivity index (χ2v) is 26.6. The first-order valence-corrected chi connectivity index (χ1v) is 26.0. The number of aromatic nitrogens is 2. The monoisotopic (exact) mass is 927 g/mol. The average molecular weight is 928 g/mol. The number of anilines is 1. The van der Waals surface area contributed by atoms with Crippen LogP contribution in [0.4, 0.5) is 23.8 Å². The van der Waals surface area contributed by atoms with E-state index < -0.39 is 37.0 Å². The highest BCUT2D eigenvalue weighted by Crippen LogP contribution is 2.49. The molecular formula is C51H64F3N5O6Si. The van der Waals surface area contributed by atoms with E-state index in [1.165, 1.54) is 13.2 Å². The predicted molar refractivity (Wildman–Crippen MR) is 253 cm³/mol. The van der Waals surface area contributed by atoms with E-state index in [4.69, 9.17) is 33.7 Å². The normalized spacial score (nSPS) is 23.9. The van der Waals surface area contributed by atoms with Crippen LogP contribution < -0.4 is 19.1 Å². The van der Waals surface area contributed by atoms with Crippen LogP contribution in [0.2, 0.25) is 16.6 Å². The molecule has 5 aliphatic rings. The van der Waals surface area contributed by atoms with Crippen LogP contribution in [0.5, 0.6) is 17.5 Å². The fourth-order valence-corrected chi connectivity index (χ4v) is 17.5. The summed E-state index contributed by atoms with van der Waals surface area (Å²) in [5.74, 6) is 3.33. The molecule has 6 heterocycles. The summed E-state index contributed by atoms with van der Waals surface area (Å²) < 4.78 is 80.2. The lowest BCUT2D eigenvalue weighted by molar-refractivity contribution is 0.00544. The molecule has 3 aromatic carbocycles. The molecule has 354 valence electrons. The molecule has 0 unspecified atom stereocenters. The molecule has 15 heteroatoms. The fourth-order valence-electron chi connectivity index (χ4n) is 12.3. The Kier molecular flexibility index (Phi) is 12.2. The van der Waals surface area contributed by atoms with Crippen LogP contribution in [0.25, 0.3) is 32.8 Å². The number of hydrogen-bond acceptors (Lipinski definition) is 10. The highest BCUT2D eigenvalue weighted by atomic mass is 28.3. The molecule has 0 radical (unpaired) electrons. The van der Waals surface area contributed by atoms with E-state index in [2.05, 4.69) is 62.8 Å². The predicted octanol–water partition coefficient (Wildman–Crippen LogP) is 10.6. The van der Waals surface area contributed by atoms with E-state index in [1.54, 1.807) is 24.3 Å². The minimum atomic E-state index is -2.35. The number of benzene rings is 3. The maximum absolute atomic E-state index is 18.2. The average Bonchev–Trinajstić information content (AvgIpc) is 3.86. The first-order valence-electron chi connectivity index (χ1n) is 23.7. The Morgan fingerprint density at radius 3 is 2.44 bits per heavy atom. The topological polar surface area (TPSA) is 98.7 Å². The minimum Gasteiger partial charge on any atom is -0.490 e. The van der Waals surface area contributed by atoms with E-state index >= 15 is 8.78 Å². The lowest BCUT2D eigenvalue weighted by Crippen LogP contribution is -2.63. The van der Waals surface area contributed by atoms with Crippen LogP contribution in [0.3, 0.4) is 0 Å². The van der Waals surface area contributed by atoms with Crippen LogP contribution in [0.1, 0.15) is 100.0 Å². The number of rotatable bonds is 10. The van der Waals surface area contributed by atoms with Gasteiger partial charge in [0.25, 0.3) is 0 Å². The summed E-state index contributed by atoms with van der Waals surface area (Å²) in [4.78, 5) is 29.8. The molecule has 4 fully saturated rings. The molecule has 4 aromatic rings. The number of halogens is 3. The van der Waals surface area contributed by atoms with E-state index in [9.17, 15) is 9.18 Å². The summed E-state index contributed by atoms with van der Waals surface area (Å²) in [7, 11) is -0.832. The Labute approximate surface area is 387 Å². The van der Waals surface area contributed by atoms with Crippen molar-refractivity contribution in [3.63, 3.8) is 0 Å². The maximum atomic E-state index is 18.2. The van der Waals surface area contributed by atoms with E-state index in [0.29, 0.717) is 75.2 Å². The summed E-state index contributed by atoms with van der Waals surface area (Å²) in [6.45, 7) is 20.6. The van der Waals surface area contributed by atoms with Gasteiger partial charge in [-0.25, -0.2) is 18.0 Å². The molecule has 5 atom stereocenters. The third-order valence-corrected chi connectivity index (χ3v) is 21.4. The van der Waals surface area contributed by atoms with E-state index in [1.807, 2.05) is 25.7 Å². The zero-order valence-electron chi connectivity index (χ0n) is 40.0. The molecule has 1 amide bonds. The molecule has 0 N–H and O–H groups in total. The summed E-state index contributed by atoms with van der Waals surface area (Å²) >= 11 is 0. The Morgan fingerprint density at radius 2 is 1.73 bits per heavy atom. The third-order valence-electron chi connectivity index (χ3n) is 15.1. The number of ether oxygens (including phenoxy) is 5. The van der Waals surface area contributed by atoms with Gasteiger partial charge >= 0.3 is 12.1 Å². The van der Waals surface area contributed by atoms with Gasteiger partial charge in [0.1, 0.15) is 61.7 Å². The number of nitrogens with zero attached hydrogens (tertiary/aromatic N) is 5. The second-order valence-electron chi connectivity index (χ2n) is 21.1. The van der Waals surface area contributed by atoms with Crippen molar-refractivity contribution in [2.45, 2.75) is 146 Å². The van der Waals surface area contributed by atoms with E-state index in [-0.39, 0.29) is 66.9 Å². The number of alkyl halides is 1. The zero-order valence-corrected chi connectivity index (χ0v) is 41.0. The standard InChI is InChI=1S/C51H64F3N5O6Si/c1-29(2)66(30(3)4,31(5)6)19-16-36-39(53)14-12-32-20-35(64-28-61-10)21-37(43(32)36)38-22-42-44-46(45(38)54)55-48(63-27-51-17-11-18-57(51)24-33(52)23-51)56-47(44)58-25-34-13-15-40(41(58)26-62-42)59(34)49(60)65-50(7,8)9/h12,14,20-22,29-31,33-34,40-41H,11,13,15,17-18,23-28H2,1-10H3/t33-,34-,40+,41-,51+/m1/s1. The summed E-state index contributed by atoms with van der Waals surface area (Å²) in [6.07, 6.45) is 2.16. The number of piperazine rings is 1. The van der Waals surface area contributed by atoms with Gasteiger partial charge in [0.15, 0.2) is 12.6 Å². The Balaban J connectivity index is 1.25. The maximum Gasteiger partial charge on any atom is 0.410 e. The van der Waals surface area contributed by atoms with Gasteiger partial charge in [-0.2, -0.15) is 9.97 Å². The molecule has 5 aliphatic heterocycles. The summed E-state index contributed by atoms with van der Waals surface area (Å²) in [5, 5.41) is 1.40. The number of methoxy groups -OCH3 is 1. The van der Waals surface area contributed by atoms with Crippen LogP contribution in [0.15, 0.2) is 30.3 Å². The molecule has 0 spiro atoms. The molecule has 0 saturated carbocycles. The van der Waals surface area contributed by atoms with Gasteiger partial charge in [-0.1, -0.05) is 53.5 Å². The van der Waals surface area contributed by atoms with Gasteiger partial charge in [0, 0.05) is 37.6 Å². The van der Waals surface area contributed by atoms with Gasteiger partial charge in [-0.15, -0.1) is 5.54 Å². The highest BCUT2D eigenvalue weighted by molar-refractivity contribution is 6.90. The first-order chi connectivity index (χ1) is 31.4. The van der Waals surface area contributed by atoms with Crippen molar-refractivity contribution >= 4 is 41.7 Å². The molecule has 4 saturated heterocycles. The van der Waals surface area contributed by atoms with Crippen molar-refractivity contribution in [1.82, 2.24) is 19.8 Å². The zero-order chi connectivity index (χ0) is 47.0. The highest BCUT2D eigenvalue weighted by Gasteiger charge is 2.53. The Morgan fingerprint density at radius 1 is 0.970 bits per heavy atom. The quantitative estimate of drug-likeness (QED) is 0.0869. The molecule has 2 bridgehead atoms. The number of hydrogen-bond donors (Lipinski definition) is 0. The van der Waals surface area contributed by atoms with Gasteiger partial charge < -0.3 is 28.6 Å². The molecule has 0 aliphatic carbocycles. The van der Waals surface area contributed by atoms with Gasteiger partial charge in [-0.05, 0) is 105 Å². The Hall–Kier alpha value is -4.78. The first kappa shape index (κ1) is 46.3. The van der Waals surface area contributed by atoms with Crippen molar-refractivity contribution in [2.24, 2.45) is 0 Å². The van der Waals surface area contributed by atoms with Crippen LogP contribution in [-0.4, -0.2) is 116 Å². The lowest BCUT2D eigenvalue weighted by atomic mass is 9.92. The van der Waals surface area contributed by atoms with Crippen LogP contribution in [-0.2, 0) is 9.47 Å². The smallest absolute Gasteiger partial charge is 0.410 e. The second kappa shape index (κ2) is 17.4. The van der Waals surface area contributed by atoms with Gasteiger partial charge in [0.2, 0.25) is 0 Å². The van der Waals surface area contributed by atoms with Crippen molar-refractivity contribution in [3.8, 4) is 40.1 Å². The lowest BCUT2D eigenvalue weighted by Gasteiger charge is -2.46. The molecule has 66 heavy (non-hydrogen) atoms. The van der Waals surface area contributed by atoms with Crippen molar-refractivity contribution in [2.75, 3.05) is 51.7 Å². The molecule has 9 rings (SSSR count). The van der Waals surface area contributed by atoms with Gasteiger partial charge in [-0.3, -0.25) is 9.80 Å². The number of carbonyl (C=O) groups is 1. The largest absolute Gasteiger partial charge is 0.490 e. The van der Waals surface area contributed by atoms with Gasteiger partial charge in [0.05, 0.1) is 34.6 Å². The minimum absolute atomic E-state index is 0.0353. The van der Waals surface area contributed by atoms with Crippen molar-refractivity contribution < 1.29 is 41.7 Å².